The van der Waals surface area contributed by atoms with Gasteiger partial charge in [0.05, 0.1) is 4.90 Å². The number of rotatable bonds is 8. The lowest BCUT2D eigenvalue weighted by molar-refractivity contribution is -0.121. The molecule has 8 heteroatoms. The number of amides is 2. The van der Waals surface area contributed by atoms with Crippen molar-refractivity contribution in [1.29, 1.82) is 0 Å². The summed E-state index contributed by atoms with van der Waals surface area (Å²) in [5.74, 6) is -0.468. The maximum atomic E-state index is 11.9. The number of sulfonamides is 1. The topological polar surface area (TPSA) is 104 Å². The molecule has 3 N–H and O–H groups in total. The molecule has 0 fully saturated rings. The molecule has 1 aromatic carbocycles. The molecule has 2 amide bonds. The first kappa shape index (κ1) is 19.1. The zero-order valence-corrected chi connectivity index (χ0v) is 14.4. The molecule has 1 atom stereocenters. The Labute approximate surface area is 136 Å². The molecule has 0 aliphatic heterocycles. The van der Waals surface area contributed by atoms with Crippen LogP contribution >= 0.6 is 0 Å². The molecule has 23 heavy (non-hydrogen) atoms. The Hall–Kier alpha value is -1.93. The first-order chi connectivity index (χ1) is 10.8. The van der Waals surface area contributed by atoms with Crippen molar-refractivity contribution in [2.45, 2.75) is 37.6 Å². The van der Waals surface area contributed by atoms with E-state index in [1.54, 1.807) is 0 Å². The van der Waals surface area contributed by atoms with E-state index in [-0.39, 0.29) is 35.7 Å². The van der Waals surface area contributed by atoms with E-state index in [0.29, 0.717) is 5.56 Å². The van der Waals surface area contributed by atoms with Gasteiger partial charge in [-0.1, -0.05) is 6.92 Å². The Balaban J connectivity index is 2.51. The van der Waals surface area contributed by atoms with Gasteiger partial charge in [0, 0.05) is 24.6 Å². The number of nitrogens with one attached hydrogen (secondary N) is 3. The van der Waals surface area contributed by atoms with Crippen molar-refractivity contribution < 1.29 is 18.0 Å². The molecule has 0 saturated carbocycles. The van der Waals surface area contributed by atoms with E-state index in [2.05, 4.69) is 15.4 Å². The van der Waals surface area contributed by atoms with E-state index in [9.17, 15) is 18.0 Å². The zero-order valence-electron chi connectivity index (χ0n) is 13.5. The standard InChI is InChI=1S/C15H23N3O4S/c1-4-11(2)18-14(19)9-10-17-15(20)12-5-7-13(8-6-12)23(21,22)16-3/h5-8,11,16H,4,9-10H2,1-3H3,(H,17,20)(H,18,19)/t11-/m1/s1. The molecule has 0 saturated heterocycles. The van der Waals surface area contributed by atoms with E-state index < -0.39 is 10.0 Å². The number of hydrogen-bond acceptors (Lipinski definition) is 4. The summed E-state index contributed by atoms with van der Waals surface area (Å²) in [5, 5.41) is 5.44. The van der Waals surface area contributed by atoms with Crippen LogP contribution in [0.2, 0.25) is 0 Å². The van der Waals surface area contributed by atoms with Crippen molar-refractivity contribution in [3.8, 4) is 0 Å². The maximum Gasteiger partial charge on any atom is 0.251 e. The summed E-state index contributed by atoms with van der Waals surface area (Å²) in [6, 6.07) is 5.68. The van der Waals surface area contributed by atoms with Gasteiger partial charge in [-0.2, -0.15) is 0 Å². The second-order valence-corrected chi connectivity index (χ2v) is 7.00. The van der Waals surface area contributed by atoms with Gasteiger partial charge in [0.2, 0.25) is 15.9 Å². The van der Waals surface area contributed by atoms with Crippen LogP contribution in [0.15, 0.2) is 29.2 Å². The summed E-state index contributed by atoms with van der Waals surface area (Å²) in [5.41, 5.74) is 0.336. The summed E-state index contributed by atoms with van der Waals surface area (Å²) in [4.78, 5) is 23.6. The molecule has 0 bridgehead atoms. The van der Waals surface area contributed by atoms with Gasteiger partial charge >= 0.3 is 0 Å². The van der Waals surface area contributed by atoms with Crippen LogP contribution in [0.1, 0.15) is 37.0 Å². The Bertz CT molecular complexity index is 641. The fourth-order valence-corrected chi connectivity index (χ4v) is 2.47. The predicted molar refractivity (Wildman–Crippen MR) is 87.5 cm³/mol. The van der Waals surface area contributed by atoms with Gasteiger partial charge in [0.25, 0.3) is 5.91 Å². The highest BCUT2D eigenvalue weighted by atomic mass is 32.2. The van der Waals surface area contributed by atoms with Crippen LogP contribution in [-0.2, 0) is 14.8 Å². The lowest BCUT2D eigenvalue weighted by atomic mass is 10.2. The van der Waals surface area contributed by atoms with Gasteiger partial charge in [0.1, 0.15) is 0 Å². The molecule has 128 valence electrons. The van der Waals surface area contributed by atoms with Crippen molar-refractivity contribution in [3.63, 3.8) is 0 Å². The molecule has 0 aliphatic carbocycles. The average molecular weight is 341 g/mol. The van der Waals surface area contributed by atoms with Crippen LogP contribution in [0.3, 0.4) is 0 Å². The summed E-state index contributed by atoms with van der Waals surface area (Å²) >= 11 is 0. The van der Waals surface area contributed by atoms with Crippen molar-refractivity contribution in [3.05, 3.63) is 29.8 Å². The van der Waals surface area contributed by atoms with Crippen molar-refractivity contribution in [1.82, 2.24) is 15.4 Å². The molecule has 1 aromatic rings. The van der Waals surface area contributed by atoms with Gasteiger partial charge in [0.15, 0.2) is 0 Å². The summed E-state index contributed by atoms with van der Waals surface area (Å²) in [6.45, 7) is 4.11. The second kappa shape index (κ2) is 8.64. The van der Waals surface area contributed by atoms with E-state index in [1.807, 2.05) is 13.8 Å². The van der Waals surface area contributed by atoms with Crippen LogP contribution in [0.5, 0.6) is 0 Å². The minimum absolute atomic E-state index is 0.0875. The summed E-state index contributed by atoms with van der Waals surface area (Å²) < 4.78 is 25.4. The first-order valence-corrected chi connectivity index (χ1v) is 8.89. The van der Waals surface area contributed by atoms with Crippen molar-refractivity contribution >= 4 is 21.8 Å². The van der Waals surface area contributed by atoms with E-state index in [1.165, 1.54) is 31.3 Å². The lowest BCUT2D eigenvalue weighted by Gasteiger charge is -2.11. The van der Waals surface area contributed by atoms with Gasteiger partial charge in [-0.05, 0) is 44.7 Å². The number of carbonyl (C=O) groups is 2. The number of carbonyl (C=O) groups excluding carboxylic acids is 2. The quantitative estimate of drug-likeness (QED) is 0.645. The molecule has 0 spiro atoms. The van der Waals surface area contributed by atoms with Gasteiger partial charge < -0.3 is 10.6 Å². The molecule has 0 radical (unpaired) electrons. The Morgan fingerprint density at radius 3 is 2.30 bits per heavy atom. The normalized spacial score (nSPS) is 12.5. The average Bonchev–Trinajstić information content (AvgIpc) is 2.54. The third kappa shape index (κ3) is 5.99. The molecular weight excluding hydrogens is 318 g/mol. The highest BCUT2D eigenvalue weighted by Gasteiger charge is 2.13. The SMILES string of the molecule is CC[C@@H](C)NC(=O)CCNC(=O)c1ccc(S(=O)(=O)NC)cc1. The van der Waals surface area contributed by atoms with Crippen LogP contribution in [0, 0.1) is 0 Å². The Morgan fingerprint density at radius 2 is 1.78 bits per heavy atom. The largest absolute Gasteiger partial charge is 0.354 e. The summed E-state index contributed by atoms with van der Waals surface area (Å²) in [6.07, 6.45) is 1.04. The van der Waals surface area contributed by atoms with Crippen LogP contribution in [0.4, 0.5) is 0 Å². The minimum atomic E-state index is -3.52. The van der Waals surface area contributed by atoms with Crippen LogP contribution < -0.4 is 15.4 Å². The van der Waals surface area contributed by atoms with Crippen LogP contribution in [0.25, 0.3) is 0 Å². The molecule has 7 nitrogen and oxygen atoms in total. The first-order valence-electron chi connectivity index (χ1n) is 7.41. The minimum Gasteiger partial charge on any atom is -0.354 e. The van der Waals surface area contributed by atoms with Gasteiger partial charge in [-0.3, -0.25) is 9.59 Å². The van der Waals surface area contributed by atoms with Crippen molar-refractivity contribution in [2.24, 2.45) is 0 Å². The van der Waals surface area contributed by atoms with Gasteiger partial charge in [-0.25, -0.2) is 13.1 Å². The number of hydrogen-bond donors (Lipinski definition) is 3. The Morgan fingerprint density at radius 1 is 1.17 bits per heavy atom. The van der Waals surface area contributed by atoms with E-state index in [4.69, 9.17) is 0 Å². The maximum absolute atomic E-state index is 11.9. The second-order valence-electron chi connectivity index (χ2n) is 5.11. The molecular formula is C15H23N3O4S. The smallest absolute Gasteiger partial charge is 0.251 e. The molecule has 0 unspecified atom stereocenters. The molecule has 0 aromatic heterocycles. The highest BCUT2D eigenvalue weighted by Crippen LogP contribution is 2.10. The third-order valence-corrected chi connectivity index (χ3v) is 4.78. The monoisotopic (exact) mass is 341 g/mol. The molecule has 0 aliphatic rings. The van der Waals surface area contributed by atoms with E-state index >= 15 is 0 Å². The van der Waals surface area contributed by atoms with Gasteiger partial charge in [-0.15, -0.1) is 0 Å². The fourth-order valence-electron chi connectivity index (χ4n) is 1.74. The van der Waals surface area contributed by atoms with Crippen LogP contribution in [-0.4, -0.2) is 39.9 Å². The molecule has 0 heterocycles. The predicted octanol–water partition coefficient (Wildman–Crippen LogP) is 0.629. The van der Waals surface area contributed by atoms with E-state index in [0.717, 1.165) is 6.42 Å². The fraction of sp³-hybridized carbons (Fsp3) is 0.467. The van der Waals surface area contributed by atoms with Crippen molar-refractivity contribution in [2.75, 3.05) is 13.6 Å². The Kier molecular flexibility index (Phi) is 7.18. The zero-order chi connectivity index (χ0) is 17.5. The lowest BCUT2D eigenvalue weighted by Crippen LogP contribution is -2.35. The molecule has 1 rings (SSSR count). The highest BCUT2D eigenvalue weighted by molar-refractivity contribution is 7.89. The summed E-state index contributed by atoms with van der Waals surface area (Å²) in [7, 11) is -2.20. The third-order valence-electron chi connectivity index (χ3n) is 3.35. The number of benzene rings is 1.